The average Bonchev–Trinajstić information content (AvgIpc) is 2.57. The van der Waals surface area contributed by atoms with Gasteiger partial charge in [-0.3, -0.25) is 5.41 Å². The van der Waals surface area contributed by atoms with Crippen molar-refractivity contribution < 1.29 is 18.3 Å². The Hall–Kier alpha value is -3.16. The summed E-state index contributed by atoms with van der Waals surface area (Å²) in [5.74, 6) is -0.495. The van der Waals surface area contributed by atoms with Crippen LogP contribution in [0.2, 0.25) is 0 Å². The molecule has 0 aliphatic heterocycles. The van der Waals surface area contributed by atoms with Gasteiger partial charge in [-0.1, -0.05) is 6.07 Å². The summed E-state index contributed by atoms with van der Waals surface area (Å²) in [5.41, 5.74) is 0.735. The molecule has 26 heavy (non-hydrogen) atoms. The number of rotatable bonds is 3. The molecule has 0 radical (unpaired) electrons. The molecule has 0 saturated heterocycles. The summed E-state index contributed by atoms with van der Waals surface area (Å²) in [6.07, 6.45) is -2.79. The average molecular weight is 360 g/mol. The Bertz CT molecular complexity index is 971. The van der Waals surface area contributed by atoms with Crippen molar-refractivity contribution >= 4 is 0 Å². The molecule has 2 N–H and O–H groups in total. The second-order valence-corrected chi connectivity index (χ2v) is 5.81. The van der Waals surface area contributed by atoms with Crippen molar-refractivity contribution in [1.29, 1.82) is 5.41 Å². The predicted molar refractivity (Wildman–Crippen MR) is 88.3 cm³/mol. The number of hydrogen-bond donors (Lipinski definition) is 2. The Morgan fingerprint density at radius 3 is 2.46 bits per heavy atom. The first kappa shape index (κ1) is 17.7. The minimum absolute atomic E-state index is 0.214. The molecule has 0 aliphatic rings. The maximum atomic E-state index is 12.8. The summed E-state index contributed by atoms with van der Waals surface area (Å²) in [6.45, 7) is 1.82. The fourth-order valence-electron chi connectivity index (χ4n) is 2.63. The molecule has 134 valence electrons. The van der Waals surface area contributed by atoms with E-state index in [0.29, 0.717) is 23.8 Å². The lowest BCUT2D eigenvalue weighted by molar-refractivity contribution is -0.137. The zero-order valence-electron chi connectivity index (χ0n) is 13.7. The first-order valence-corrected chi connectivity index (χ1v) is 7.69. The van der Waals surface area contributed by atoms with E-state index in [4.69, 9.17) is 5.41 Å². The number of aromatic hydroxyl groups is 1. The molecule has 0 amide bonds. The van der Waals surface area contributed by atoms with Crippen LogP contribution in [0.3, 0.4) is 0 Å². The second-order valence-electron chi connectivity index (χ2n) is 5.81. The van der Waals surface area contributed by atoms with E-state index in [0.717, 1.165) is 6.07 Å². The number of nitrogens with one attached hydrogen (secondary N) is 1. The lowest BCUT2D eigenvalue weighted by atomic mass is 10.0. The first-order valence-electron chi connectivity index (χ1n) is 7.69. The van der Waals surface area contributed by atoms with Crippen LogP contribution in [-0.4, -0.2) is 19.9 Å². The fourth-order valence-corrected chi connectivity index (χ4v) is 2.63. The number of alkyl halides is 3. The van der Waals surface area contributed by atoms with E-state index >= 15 is 0 Å². The number of hydrogen-bond acceptors (Lipinski definition) is 4. The van der Waals surface area contributed by atoms with Crippen molar-refractivity contribution in [2.24, 2.45) is 0 Å². The molecule has 3 rings (SSSR count). The molecule has 0 aliphatic carbocycles. The predicted octanol–water partition coefficient (Wildman–Crippen LogP) is 3.51. The zero-order chi connectivity index (χ0) is 18.9. The van der Waals surface area contributed by atoms with Crippen LogP contribution in [0, 0.1) is 12.3 Å². The van der Waals surface area contributed by atoms with Gasteiger partial charge in [0.05, 0.1) is 23.5 Å². The summed E-state index contributed by atoms with van der Waals surface area (Å²) >= 11 is 0. The van der Waals surface area contributed by atoms with Gasteiger partial charge in [-0.25, -0.2) is 0 Å². The van der Waals surface area contributed by atoms with Crippen molar-refractivity contribution in [2.75, 3.05) is 0 Å². The SMILES string of the molecule is Cc1cc(C(F)(F)F)cc(O)c1-c1ccc(Cn2ccccc2=N)nn1. The van der Waals surface area contributed by atoms with Crippen LogP contribution in [0.1, 0.15) is 16.8 Å². The molecule has 0 fully saturated rings. The molecule has 3 aromatic rings. The van der Waals surface area contributed by atoms with E-state index in [1.165, 1.54) is 6.92 Å². The van der Waals surface area contributed by atoms with Crippen molar-refractivity contribution in [3.8, 4) is 17.0 Å². The van der Waals surface area contributed by atoms with Gasteiger partial charge in [0, 0.05) is 11.8 Å². The van der Waals surface area contributed by atoms with E-state index in [2.05, 4.69) is 10.2 Å². The normalized spacial score (nSPS) is 11.5. The van der Waals surface area contributed by atoms with E-state index < -0.39 is 17.5 Å². The van der Waals surface area contributed by atoms with Crippen molar-refractivity contribution in [3.63, 3.8) is 0 Å². The van der Waals surface area contributed by atoms with Gasteiger partial charge >= 0.3 is 6.18 Å². The van der Waals surface area contributed by atoms with Crippen LogP contribution in [0.15, 0.2) is 48.7 Å². The minimum atomic E-state index is -4.53. The van der Waals surface area contributed by atoms with E-state index in [9.17, 15) is 18.3 Å². The highest BCUT2D eigenvalue weighted by molar-refractivity contribution is 5.71. The maximum Gasteiger partial charge on any atom is 0.416 e. The van der Waals surface area contributed by atoms with Crippen LogP contribution >= 0.6 is 0 Å². The maximum absolute atomic E-state index is 12.8. The quantitative estimate of drug-likeness (QED) is 0.751. The number of halogens is 3. The number of phenols is 1. The molecule has 2 aromatic heterocycles. The highest BCUT2D eigenvalue weighted by Gasteiger charge is 2.32. The molecular formula is C18H15F3N4O. The van der Waals surface area contributed by atoms with Crippen LogP contribution in [0.4, 0.5) is 13.2 Å². The number of pyridine rings is 1. The molecule has 0 saturated carbocycles. The molecule has 5 nitrogen and oxygen atoms in total. The van der Waals surface area contributed by atoms with E-state index in [1.54, 1.807) is 41.1 Å². The number of aryl methyl sites for hydroxylation is 1. The highest BCUT2D eigenvalue weighted by Crippen LogP contribution is 2.38. The topological polar surface area (TPSA) is 74.8 Å². The van der Waals surface area contributed by atoms with E-state index in [-0.39, 0.29) is 16.8 Å². The van der Waals surface area contributed by atoms with Gasteiger partial charge in [0.15, 0.2) is 0 Å². The number of aromatic nitrogens is 3. The Morgan fingerprint density at radius 2 is 1.88 bits per heavy atom. The molecule has 0 bridgehead atoms. The number of phenolic OH excluding ortho intramolecular Hbond substituents is 1. The molecule has 2 heterocycles. The molecular weight excluding hydrogens is 345 g/mol. The summed E-state index contributed by atoms with van der Waals surface area (Å²) < 4.78 is 40.1. The smallest absolute Gasteiger partial charge is 0.416 e. The van der Waals surface area contributed by atoms with Gasteiger partial charge in [-0.15, -0.1) is 0 Å². The van der Waals surface area contributed by atoms with Crippen LogP contribution in [0.25, 0.3) is 11.3 Å². The molecule has 0 spiro atoms. The minimum Gasteiger partial charge on any atom is -0.507 e. The fraction of sp³-hybridized carbons (Fsp3) is 0.167. The zero-order valence-corrected chi connectivity index (χ0v) is 13.7. The highest BCUT2D eigenvalue weighted by atomic mass is 19.4. The molecule has 0 atom stereocenters. The van der Waals surface area contributed by atoms with Gasteiger partial charge in [0.25, 0.3) is 0 Å². The first-order chi connectivity index (χ1) is 12.3. The largest absolute Gasteiger partial charge is 0.507 e. The summed E-state index contributed by atoms with van der Waals surface area (Å²) in [5, 5.41) is 25.9. The second kappa shape index (κ2) is 6.62. The molecule has 8 heteroatoms. The summed E-state index contributed by atoms with van der Waals surface area (Å²) in [6, 6.07) is 10.1. The lowest BCUT2D eigenvalue weighted by Crippen LogP contribution is -2.19. The monoisotopic (exact) mass is 360 g/mol. The van der Waals surface area contributed by atoms with Gasteiger partial charge in [-0.2, -0.15) is 23.4 Å². The van der Waals surface area contributed by atoms with Gasteiger partial charge in [0.1, 0.15) is 11.2 Å². The Balaban J connectivity index is 1.92. The van der Waals surface area contributed by atoms with Crippen LogP contribution in [-0.2, 0) is 12.7 Å². The van der Waals surface area contributed by atoms with Crippen molar-refractivity contribution in [2.45, 2.75) is 19.6 Å². The van der Waals surface area contributed by atoms with Gasteiger partial charge < -0.3 is 9.67 Å². The van der Waals surface area contributed by atoms with Gasteiger partial charge in [0.2, 0.25) is 0 Å². The van der Waals surface area contributed by atoms with Gasteiger partial charge in [-0.05, 0) is 48.9 Å². The van der Waals surface area contributed by atoms with Crippen LogP contribution in [0.5, 0.6) is 5.75 Å². The third-order valence-corrected chi connectivity index (χ3v) is 3.89. The third-order valence-electron chi connectivity index (χ3n) is 3.89. The molecule has 1 aromatic carbocycles. The lowest BCUT2D eigenvalue weighted by Gasteiger charge is -2.13. The van der Waals surface area contributed by atoms with E-state index in [1.807, 2.05) is 0 Å². The standard InChI is InChI=1S/C18H15F3N4O/c1-11-8-12(18(19,20)21)9-15(26)17(11)14-6-5-13(23-24-14)10-25-7-3-2-4-16(25)22/h2-9,22,26H,10H2,1H3. The summed E-state index contributed by atoms with van der Waals surface area (Å²) in [4.78, 5) is 0. The van der Waals surface area contributed by atoms with Crippen molar-refractivity contribution in [3.05, 3.63) is 71.0 Å². The molecule has 0 unspecified atom stereocenters. The third kappa shape index (κ3) is 3.58. The summed E-state index contributed by atoms with van der Waals surface area (Å²) in [7, 11) is 0. The van der Waals surface area contributed by atoms with Crippen LogP contribution < -0.4 is 5.49 Å². The Kier molecular flexibility index (Phi) is 4.50. The number of nitrogens with zero attached hydrogens (tertiary/aromatic N) is 3. The Labute approximate surface area is 146 Å². The Morgan fingerprint density at radius 1 is 1.12 bits per heavy atom. The number of benzene rings is 1. The van der Waals surface area contributed by atoms with Crippen molar-refractivity contribution in [1.82, 2.24) is 14.8 Å².